The third-order valence-electron chi connectivity index (χ3n) is 5.01. The van der Waals surface area contributed by atoms with E-state index in [1.807, 2.05) is 6.07 Å². The fourth-order valence-corrected chi connectivity index (χ4v) is 5.61. The summed E-state index contributed by atoms with van der Waals surface area (Å²) < 4.78 is 31.1. The Balaban J connectivity index is 1.62. The van der Waals surface area contributed by atoms with E-state index >= 15 is 0 Å². The predicted molar refractivity (Wildman–Crippen MR) is 117 cm³/mol. The second-order valence-electron chi connectivity index (χ2n) is 7.51. The lowest BCUT2D eigenvalue weighted by Crippen LogP contribution is -2.24. The summed E-state index contributed by atoms with van der Waals surface area (Å²) in [7, 11) is -0.738. The molecule has 0 fully saturated rings. The van der Waals surface area contributed by atoms with E-state index in [9.17, 15) is 18.0 Å². The lowest BCUT2D eigenvalue weighted by Gasteiger charge is -2.15. The van der Waals surface area contributed by atoms with Crippen molar-refractivity contribution in [1.82, 2.24) is 4.31 Å². The summed E-state index contributed by atoms with van der Waals surface area (Å²) in [5.74, 6) is -1.04. The van der Waals surface area contributed by atoms with E-state index in [-0.39, 0.29) is 4.90 Å². The number of nitrogens with one attached hydrogen (secondary N) is 1. The van der Waals surface area contributed by atoms with Crippen LogP contribution in [-0.4, -0.2) is 45.3 Å². The van der Waals surface area contributed by atoms with Crippen LogP contribution in [0.15, 0.2) is 29.2 Å². The summed E-state index contributed by atoms with van der Waals surface area (Å²) in [6.45, 7) is 1.25. The second-order valence-corrected chi connectivity index (χ2v) is 10.8. The van der Waals surface area contributed by atoms with Gasteiger partial charge in [-0.3, -0.25) is 4.79 Å². The van der Waals surface area contributed by atoms with Crippen molar-refractivity contribution in [2.45, 2.75) is 43.9 Å². The molecule has 0 spiro atoms. The molecule has 30 heavy (non-hydrogen) atoms. The van der Waals surface area contributed by atoms with Gasteiger partial charge in [0.15, 0.2) is 6.61 Å². The van der Waals surface area contributed by atoms with Crippen LogP contribution in [0.25, 0.3) is 0 Å². The topological polar surface area (TPSA) is 92.8 Å². The van der Waals surface area contributed by atoms with Crippen molar-refractivity contribution in [2.75, 3.05) is 26.0 Å². The van der Waals surface area contributed by atoms with Crippen molar-refractivity contribution in [3.05, 3.63) is 45.1 Å². The molecule has 0 unspecified atom stereocenters. The first-order chi connectivity index (χ1) is 14.2. The summed E-state index contributed by atoms with van der Waals surface area (Å²) in [5, 5.41) is 2.59. The summed E-state index contributed by atoms with van der Waals surface area (Å²) in [6, 6.07) is 6.52. The Morgan fingerprint density at radius 3 is 2.60 bits per heavy atom. The number of sulfonamides is 1. The average molecular weight is 451 g/mol. The minimum atomic E-state index is -3.63. The fourth-order valence-electron chi connectivity index (χ4n) is 3.32. The summed E-state index contributed by atoms with van der Waals surface area (Å²) in [4.78, 5) is 26.4. The van der Waals surface area contributed by atoms with Gasteiger partial charge in [0.05, 0.1) is 4.90 Å². The van der Waals surface area contributed by atoms with Crippen LogP contribution in [0.2, 0.25) is 0 Å². The van der Waals surface area contributed by atoms with Gasteiger partial charge in [0.25, 0.3) is 5.91 Å². The molecule has 0 radical (unpaired) electrons. The van der Waals surface area contributed by atoms with Crippen LogP contribution in [0.3, 0.4) is 0 Å². The third-order valence-corrected chi connectivity index (χ3v) is 8.19. The zero-order chi connectivity index (χ0) is 21.9. The zero-order valence-corrected chi connectivity index (χ0v) is 19.0. The molecule has 1 aliphatic rings. The van der Waals surface area contributed by atoms with E-state index in [2.05, 4.69) is 5.32 Å². The molecule has 0 aliphatic heterocycles. The first-order valence-corrected chi connectivity index (χ1v) is 12.1. The minimum Gasteiger partial charge on any atom is -0.451 e. The van der Waals surface area contributed by atoms with Crippen LogP contribution < -0.4 is 5.32 Å². The van der Waals surface area contributed by atoms with Crippen molar-refractivity contribution >= 4 is 38.9 Å². The molecular formula is C21H26N2O5S2. The maximum atomic E-state index is 12.4. The van der Waals surface area contributed by atoms with Crippen LogP contribution in [0.4, 0.5) is 5.69 Å². The van der Waals surface area contributed by atoms with Crippen LogP contribution in [0, 0.1) is 6.92 Å². The van der Waals surface area contributed by atoms with E-state index in [1.165, 1.54) is 48.4 Å². The van der Waals surface area contributed by atoms with Gasteiger partial charge in [-0.05, 0) is 61.9 Å². The Kier molecular flexibility index (Phi) is 6.95. The van der Waals surface area contributed by atoms with E-state index < -0.39 is 28.5 Å². The zero-order valence-electron chi connectivity index (χ0n) is 17.4. The van der Waals surface area contributed by atoms with Crippen LogP contribution in [-0.2, 0) is 32.4 Å². The second kappa shape index (κ2) is 9.28. The number of esters is 1. The maximum Gasteiger partial charge on any atom is 0.348 e. The molecule has 3 rings (SSSR count). The molecule has 0 saturated carbocycles. The van der Waals surface area contributed by atoms with E-state index in [0.717, 1.165) is 30.0 Å². The molecule has 1 aliphatic carbocycles. The molecule has 1 heterocycles. The number of amides is 1. The molecule has 7 nitrogen and oxygen atoms in total. The average Bonchev–Trinajstić information content (AvgIpc) is 2.98. The Labute approximate surface area is 181 Å². The van der Waals surface area contributed by atoms with Crippen molar-refractivity contribution in [3.63, 3.8) is 0 Å². The van der Waals surface area contributed by atoms with Gasteiger partial charge in [-0.2, -0.15) is 0 Å². The number of fused-ring (bicyclic) bond motifs is 1. The molecule has 9 heteroatoms. The fraction of sp³-hybridized carbons (Fsp3) is 0.429. The summed E-state index contributed by atoms with van der Waals surface area (Å²) in [5.41, 5.74) is 2.11. The van der Waals surface area contributed by atoms with Gasteiger partial charge in [-0.25, -0.2) is 17.5 Å². The number of nitrogens with zero attached hydrogens (tertiary/aromatic N) is 1. The lowest BCUT2D eigenvalue weighted by molar-refractivity contribution is -0.119. The number of carbonyl (C=O) groups is 2. The number of hydrogen-bond acceptors (Lipinski definition) is 6. The van der Waals surface area contributed by atoms with Crippen molar-refractivity contribution in [2.24, 2.45) is 0 Å². The highest BCUT2D eigenvalue weighted by atomic mass is 32.2. The molecule has 1 aromatic heterocycles. The van der Waals surface area contributed by atoms with E-state index in [1.54, 1.807) is 19.1 Å². The Bertz CT molecular complexity index is 1030. The summed E-state index contributed by atoms with van der Waals surface area (Å²) >= 11 is 1.44. The molecular weight excluding hydrogens is 424 g/mol. The predicted octanol–water partition coefficient (Wildman–Crippen LogP) is 3.37. The van der Waals surface area contributed by atoms with E-state index in [0.29, 0.717) is 16.1 Å². The molecule has 2 aromatic rings. The first-order valence-electron chi connectivity index (χ1n) is 9.80. The quantitative estimate of drug-likeness (QED) is 0.538. The highest BCUT2D eigenvalue weighted by Gasteiger charge is 2.21. The number of thiophene rings is 1. The number of rotatable bonds is 6. The van der Waals surface area contributed by atoms with Gasteiger partial charge in [0.1, 0.15) is 4.88 Å². The van der Waals surface area contributed by atoms with Crippen LogP contribution in [0.1, 0.15) is 44.9 Å². The van der Waals surface area contributed by atoms with Crippen molar-refractivity contribution < 1.29 is 22.7 Å². The van der Waals surface area contributed by atoms with E-state index in [4.69, 9.17) is 4.74 Å². The Morgan fingerprint density at radius 1 is 1.13 bits per heavy atom. The van der Waals surface area contributed by atoms with Gasteiger partial charge in [0.2, 0.25) is 10.0 Å². The molecule has 0 saturated heterocycles. The number of anilines is 1. The highest BCUT2D eigenvalue weighted by Crippen LogP contribution is 2.29. The molecule has 1 aromatic carbocycles. The third kappa shape index (κ3) is 5.08. The van der Waals surface area contributed by atoms with Gasteiger partial charge in [0, 0.05) is 24.7 Å². The largest absolute Gasteiger partial charge is 0.451 e. The minimum absolute atomic E-state index is 0.113. The normalized spacial score (nSPS) is 14.1. The number of benzene rings is 1. The first kappa shape index (κ1) is 22.5. The molecule has 0 atom stereocenters. The van der Waals surface area contributed by atoms with Crippen molar-refractivity contribution in [1.29, 1.82) is 0 Å². The lowest BCUT2D eigenvalue weighted by atomic mass is 10.1. The maximum absolute atomic E-state index is 12.4. The SMILES string of the molecule is Cc1ccc(NC(=O)COC(=O)c2cc3c(s2)CCCCC3)cc1S(=O)(=O)N(C)C. The monoisotopic (exact) mass is 450 g/mol. The number of carbonyl (C=O) groups excluding carboxylic acids is 2. The molecule has 1 N–H and O–H groups in total. The van der Waals surface area contributed by atoms with Gasteiger partial charge >= 0.3 is 5.97 Å². The molecule has 162 valence electrons. The molecule has 0 bridgehead atoms. The summed E-state index contributed by atoms with van der Waals surface area (Å²) in [6.07, 6.45) is 5.43. The molecule has 1 amide bonds. The Morgan fingerprint density at radius 2 is 1.87 bits per heavy atom. The number of ether oxygens (including phenoxy) is 1. The van der Waals surface area contributed by atoms with Crippen molar-refractivity contribution in [3.8, 4) is 0 Å². The number of hydrogen-bond donors (Lipinski definition) is 1. The van der Waals surface area contributed by atoms with Gasteiger partial charge in [-0.1, -0.05) is 12.5 Å². The van der Waals surface area contributed by atoms with Gasteiger partial charge < -0.3 is 10.1 Å². The van der Waals surface area contributed by atoms with Crippen LogP contribution >= 0.6 is 11.3 Å². The Hall–Kier alpha value is -2.23. The highest BCUT2D eigenvalue weighted by molar-refractivity contribution is 7.89. The number of aryl methyl sites for hydroxylation is 3. The standard InChI is InChI=1S/C21H26N2O5S2/c1-14-9-10-16(12-19(14)30(26,27)23(2)3)22-20(24)13-28-21(25)18-11-15-7-5-4-6-8-17(15)29-18/h9-12H,4-8,13H2,1-3H3,(H,22,24). The van der Waals surface area contributed by atoms with Gasteiger partial charge in [-0.15, -0.1) is 11.3 Å². The smallest absolute Gasteiger partial charge is 0.348 e. The van der Waals surface area contributed by atoms with Crippen LogP contribution in [0.5, 0.6) is 0 Å².